The summed E-state index contributed by atoms with van der Waals surface area (Å²) in [6.45, 7) is 5.26. The lowest BCUT2D eigenvalue weighted by Gasteiger charge is -2.21. The first kappa shape index (κ1) is 21.4. The predicted molar refractivity (Wildman–Crippen MR) is 107 cm³/mol. The molecule has 29 heavy (non-hydrogen) atoms. The van der Waals surface area contributed by atoms with Crippen LogP contribution >= 0.6 is 0 Å². The fraction of sp³-hybridized carbons (Fsp3) is 0.238. The van der Waals surface area contributed by atoms with E-state index >= 15 is 0 Å². The van der Waals surface area contributed by atoms with Crippen molar-refractivity contribution < 1.29 is 19.1 Å². The van der Waals surface area contributed by atoms with Gasteiger partial charge in [-0.2, -0.15) is 5.26 Å². The summed E-state index contributed by atoms with van der Waals surface area (Å²) in [5, 5.41) is 8.73. The van der Waals surface area contributed by atoms with E-state index in [1.807, 2.05) is 32.0 Å². The highest BCUT2D eigenvalue weighted by molar-refractivity contribution is 5.96. The molecule has 150 valence electrons. The fourth-order valence-corrected chi connectivity index (χ4v) is 2.54. The molecule has 0 aliphatic carbocycles. The zero-order chi connectivity index (χ0) is 21.2. The number of carbonyl (C=O) groups is 3. The van der Waals surface area contributed by atoms with Crippen molar-refractivity contribution in [3.05, 3.63) is 65.2 Å². The highest BCUT2D eigenvalue weighted by atomic mass is 16.5. The second-order valence-corrected chi connectivity index (χ2v) is 5.99. The lowest BCUT2D eigenvalue weighted by Crippen LogP contribution is -2.43. The largest absolute Gasteiger partial charge is 0.452 e. The van der Waals surface area contributed by atoms with Crippen molar-refractivity contribution in [2.45, 2.75) is 13.8 Å². The molecule has 0 unspecified atom stereocenters. The molecule has 8 heteroatoms. The molecule has 0 radical (unpaired) electrons. The van der Waals surface area contributed by atoms with Crippen LogP contribution in [0.15, 0.2) is 48.5 Å². The van der Waals surface area contributed by atoms with Gasteiger partial charge in [0.15, 0.2) is 6.61 Å². The number of rotatable bonds is 7. The van der Waals surface area contributed by atoms with Crippen molar-refractivity contribution in [3.63, 3.8) is 0 Å². The summed E-state index contributed by atoms with van der Waals surface area (Å²) in [5.41, 5.74) is 6.49. The van der Waals surface area contributed by atoms with Gasteiger partial charge in [-0.3, -0.25) is 20.4 Å². The van der Waals surface area contributed by atoms with Gasteiger partial charge in [-0.1, -0.05) is 0 Å². The average molecular weight is 394 g/mol. The first-order valence-corrected chi connectivity index (χ1v) is 9.10. The molecule has 2 aromatic rings. The van der Waals surface area contributed by atoms with Crippen LogP contribution in [-0.4, -0.2) is 37.5 Å². The first-order chi connectivity index (χ1) is 14.0. The van der Waals surface area contributed by atoms with Gasteiger partial charge >= 0.3 is 5.97 Å². The van der Waals surface area contributed by atoms with Gasteiger partial charge in [-0.15, -0.1) is 0 Å². The van der Waals surface area contributed by atoms with E-state index in [9.17, 15) is 14.4 Å². The topological polar surface area (TPSA) is 112 Å². The molecule has 0 aliphatic heterocycles. The first-order valence-electron chi connectivity index (χ1n) is 9.10. The molecule has 0 bridgehead atoms. The van der Waals surface area contributed by atoms with Gasteiger partial charge in [0, 0.05) is 24.3 Å². The summed E-state index contributed by atoms with van der Waals surface area (Å²) in [6.07, 6.45) is 0. The Morgan fingerprint density at radius 3 is 2.07 bits per heavy atom. The third-order valence-corrected chi connectivity index (χ3v) is 4.16. The van der Waals surface area contributed by atoms with Gasteiger partial charge in [-0.05, 0) is 62.4 Å². The molecule has 0 saturated carbocycles. The number of amides is 2. The van der Waals surface area contributed by atoms with Crippen LogP contribution in [0, 0.1) is 11.3 Å². The Kier molecular flexibility index (Phi) is 7.74. The number of nitriles is 1. The summed E-state index contributed by atoms with van der Waals surface area (Å²) in [7, 11) is 0. The monoisotopic (exact) mass is 394 g/mol. The minimum absolute atomic E-state index is 0.217. The average Bonchev–Trinajstić information content (AvgIpc) is 2.77. The summed E-state index contributed by atoms with van der Waals surface area (Å²) < 4.78 is 4.88. The van der Waals surface area contributed by atoms with E-state index in [1.54, 1.807) is 12.1 Å². The van der Waals surface area contributed by atoms with Crippen LogP contribution in [0.1, 0.15) is 40.1 Å². The molecule has 0 spiro atoms. The standard InChI is InChI=1S/C21H22N4O4/c1-3-25(4-2)18-11-9-16(10-12-18)20(27)24-23-19(26)14-29-21(28)17-7-5-15(13-22)6-8-17/h5-12H,3-4,14H2,1-2H3,(H,23,26)(H,24,27). The number of hydrazine groups is 1. The molecular formula is C21H22N4O4. The maximum absolute atomic E-state index is 12.1. The summed E-state index contributed by atoms with van der Waals surface area (Å²) in [6, 6.07) is 14.8. The van der Waals surface area contributed by atoms with E-state index in [0.717, 1.165) is 18.8 Å². The van der Waals surface area contributed by atoms with Crippen molar-refractivity contribution in [2.24, 2.45) is 0 Å². The highest BCUT2D eigenvalue weighted by Gasteiger charge is 2.12. The second-order valence-electron chi connectivity index (χ2n) is 5.99. The highest BCUT2D eigenvalue weighted by Crippen LogP contribution is 2.14. The van der Waals surface area contributed by atoms with E-state index in [0.29, 0.717) is 11.1 Å². The molecule has 0 atom stereocenters. The van der Waals surface area contributed by atoms with Gasteiger partial charge in [0.1, 0.15) is 0 Å². The molecule has 0 aliphatic rings. The molecule has 2 N–H and O–H groups in total. The lowest BCUT2D eigenvalue weighted by molar-refractivity contribution is -0.125. The number of hydrogen-bond donors (Lipinski definition) is 2. The molecule has 0 aromatic heterocycles. The van der Waals surface area contributed by atoms with E-state index in [2.05, 4.69) is 15.8 Å². The lowest BCUT2D eigenvalue weighted by atomic mass is 10.1. The minimum atomic E-state index is -0.706. The Hall–Kier alpha value is -3.86. The molecule has 2 aromatic carbocycles. The second kappa shape index (κ2) is 10.5. The van der Waals surface area contributed by atoms with Crippen molar-refractivity contribution in [2.75, 3.05) is 24.6 Å². The maximum atomic E-state index is 12.1. The van der Waals surface area contributed by atoms with E-state index < -0.39 is 24.4 Å². The van der Waals surface area contributed by atoms with Crippen molar-refractivity contribution in [1.82, 2.24) is 10.9 Å². The van der Waals surface area contributed by atoms with Crippen LogP contribution in [0.3, 0.4) is 0 Å². The SMILES string of the molecule is CCN(CC)c1ccc(C(=O)NNC(=O)COC(=O)c2ccc(C#N)cc2)cc1. The van der Waals surface area contributed by atoms with Crippen LogP contribution in [0.2, 0.25) is 0 Å². The van der Waals surface area contributed by atoms with Crippen LogP contribution in [0.5, 0.6) is 0 Å². The Bertz CT molecular complexity index is 898. The Balaban J connectivity index is 1.80. The Morgan fingerprint density at radius 1 is 0.931 bits per heavy atom. The van der Waals surface area contributed by atoms with Gasteiger partial charge in [0.25, 0.3) is 11.8 Å². The molecule has 0 saturated heterocycles. The summed E-state index contributed by atoms with van der Waals surface area (Å²) in [5.74, 6) is -1.87. The van der Waals surface area contributed by atoms with E-state index in [-0.39, 0.29) is 5.56 Å². The maximum Gasteiger partial charge on any atom is 0.338 e. The van der Waals surface area contributed by atoms with Crippen LogP contribution in [-0.2, 0) is 9.53 Å². The van der Waals surface area contributed by atoms with Gasteiger partial charge in [-0.25, -0.2) is 4.79 Å². The number of esters is 1. The molecule has 2 amide bonds. The summed E-state index contributed by atoms with van der Waals surface area (Å²) in [4.78, 5) is 37.9. The van der Waals surface area contributed by atoms with Crippen molar-refractivity contribution >= 4 is 23.5 Å². The number of nitrogens with one attached hydrogen (secondary N) is 2. The van der Waals surface area contributed by atoms with Crippen molar-refractivity contribution in [3.8, 4) is 6.07 Å². The smallest absolute Gasteiger partial charge is 0.338 e. The fourth-order valence-electron chi connectivity index (χ4n) is 2.54. The third kappa shape index (κ3) is 6.07. The summed E-state index contributed by atoms with van der Waals surface area (Å²) >= 11 is 0. The molecule has 8 nitrogen and oxygen atoms in total. The third-order valence-electron chi connectivity index (χ3n) is 4.16. The molecule has 0 fully saturated rings. The minimum Gasteiger partial charge on any atom is -0.452 e. The zero-order valence-corrected chi connectivity index (χ0v) is 16.3. The number of anilines is 1. The van der Waals surface area contributed by atoms with Gasteiger partial charge in [0.05, 0.1) is 17.2 Å². The quantitative estimate of drug-likeness (QED) is 0.549. The van der Waals surface area contributed by atoms with E-state index in [1.165, 1.54) is 24.3 Å². The Labute approximate surface area is 169 Å². The van der Waals surface area contributed by atoms with E-state index in [4.69, 9.17) is 10.00 Å². The number of ether oxygens (including phenoxy) is 1. The molecule has 2 rings (SSSR count). The van der Waals surface area contributed by atoms with Gasteiger partial charge < -0.3 is 9.64 Å². The predicted octanol–water partition coefficient (Wildman–Crippen LogP) is 2.02. The Morgan fingerprint density at radius 2 is 1.52 bits per heavy atom. The molecular weight excluding hydrogens is 372 g/mol. The number of hydrogen-bond acceptors (Lipinski definition) is 6. The number of nitrogens with zero attached hydrogens (tertiary/aromatic N) is 2. The van der Waals surface area contributed by atoms with Gasteiger partial charge in [0.2, 0.25) is 0 Å². The van der Waals surface area contributed by atoms with Crippen LogP contribution < -0.4 is 15.8 Å². The van der Waals surface area contributed by atoms with Crippen LogP contribution in [0.4, 0.5) is 5.69 Å². The number of carbonyl (C=O) groups excluding carboxylic acids is 3. The van der Waals surface area contributed by atoms with Crippen LogP contribution in [0.25, 0.3) is 0 Å². The molecule has 0 heterocycles. The normalized spacial score (nSPS) is 9.83. The van der Waals surface area contributed by atoms with Crippen molar-refractivity contribution in [1.29, 1.82) is 5.26 Å². The number of benzene rings is 2. The zero-order valence-electron chi connectivity index (χ0n) is 16.3.